The molecule has 4 aromatic rings. The van der Waals surface area contributed by atoms with Crippen LogP contribution in [-0.4, -0.2) is 37.1 Å². The summed E-state index contributed by atoms with van der Waals surface area (Å²) in [6.07, 6.45) is 6.93. The second kappa shape index (κ2) is 8.62. The third-order valence-electron chi connectivity index (χ3n) is 5.62. The summed E-state index contributed by atoms with van der Waals surface area (Å²) in [6.45, 7) is -0.377. The van der Waals surface area contributed by atoms with Crippen LogP contribution in [0.4, 0.5) is 5.95 Å². The summed E-state index contributed by atoms with van der Waals surface area (Å²) >= 11 is 0. The van der Waals surface area contributed by atoms with Crippen LogP contribution in [0.25, 0.3) is 18.0 Å². The third kappa shape index (κ3) is 3.90. The molecule has 168 valence electrons. The molecule has 0 radical (unpaired) electrons. The predicted molar refractivity (Wildman–Crippen MR) is 127 cm³/mol. The minimum absolute atomic E-state index is 0.0499. The highest BCUT2D eigenvalue weighted by molar-refractivity contribution is 5.77. The number of aliphatic carboxylic acids is 1. The molecule has 1 aliphatic carbocycles. The van der Waals surface area contributed by atoms with Crippen molar-refractivity contribution in [1.82, 2.24) is 19.5 Å². The molecule has 2 aromatic carbocycles. The van der Waals surface area contributed by atoms with Gasteiger partial charge in [0.25, 0.3) is 5.56 Å². The molecular formula is C25H19N5O4. The van der Waals surface area contributed by atoms with Gasteiger partial charge in [-0.2, -0.15) is 4.98 Å². The fourth-order valence-corrected chi connectivity index (χ4v) is 4.12. The van der Waals surface area contributed by atoms with Crippen molar-refractivity contribution in [2.75, 3.05) is 11.9 Å². The zero-order valence-electron chi connectivity index (χ0n) is 17.8. The van der Waals surface area contributed by atoms with Gasteiger partial charge in [0.05, 0.1) is 0 Å². The van der Waals surface area contributed by atoms with Crippen LogP contribution in [0.3, 0.4) is 0 Å². The van der Waals surface area contributed by atoms with Gasteiger partial charge in [-0.15, -0.1) is 0 Å². The standard InChI is InChI=1S/C25H19N5O4/c31-21(32)13-27-24-26-12-11-20(28-24)30-14-19(23(33)29-25(30)34)22-17-7-3-1-5-15(17)9-10-16-6-2-4-8-18(16)22/h1-12,14,22H,13H2,(H,31,32)(H,26,27,28)(H,29,33,34). The number of benzene rings is 2. The molecule has 9 heteroatoms. The summed E-state index contributed by atoms with van der Waals surface area (Å²) < 4.78 is 1.23. The molecule has 0 fully saturated rings. The fourth-order valence-electron chi connectivity index (χ4n) is 4.12. The lowest BCUT2D eigenvalue weighted by molar-refractivity contribution is -0.134. The number of nitrogens with zero attached hydrogens (tertiary/aromatic N) is 3. The zero-order chi connectivity index (χ0) is 23.7. The molecule has 0 saturated heterocycles. The topological polar surface area (TPSA) is 130 Å². The summed E-state index contributed by atoms with van der Waals surface area (Å²) in [7, 11) is 0. The Morgan fingerprint density at radius 3 is 2.26 bits per heavy atom. The quantitative estimate of drug-likeness (QED) is 0.373. The molecule has 5 rings (SSSR count). The number of carboxylic acid groups (broad SMARTS) is 1. The van der Waals surface area contributed by atoms with Gasteiger partial charge >= 0.3 is 11.7 Å². The van der Waals surface area contributed by atoms with E-state index in [0.29, 0.717) is 5.56 Å². The van der Waals surface area contributed by atoms with E-state index in [1.807, 2.05) is 60.7 Å². The highest BCUT2D eigenvalue weighted by Gasteiger charge is 2.26. The first kappa shape index (κ1) is 21.1. The first-order chi connectivity index (χ1) is 16.5. The Bertz CT molecular complexity index is 1500. The lowest BCUT2D eigenvalue weighted by atomic mass is 9.83. The van der Waals surface area contributed by atoms with Crippen LogP contribution >= 0.6 is 0 Å². The molecule has 34 heavy (non-hydrogen) atoms. The fraction of sp³-hybridized carbons (Fsp3) is 0.0800. The van der Waals surface area contributed by atoms with Crippen molar-refractivity contribution in [1.29, 1.82) is 0 Å². The van der Waals surface area contributed by atoms with Gasteiger partial charge in [-0.3, -0.25) is 19.1 Å². The van der Waals surface area contributed by atoms with Crippen molar-refractivity contribution >= 4 is 24.1 Å². The van der Waals surface area contributed by atoms with Crippen LogP contribution < -0.4 is 16.6 Å². The van der Waals surface area contributed by atoms with Gasteiger partial charge in [-0.1, -0.05) is 60.7 Å². The van der Waals surface area contributed by atoms with E-state index in [4.69, 9.17) is 5.11 Å². The number of nitrogens with one attached hydrogen (secondary N) is 2. The molecule has 0 bridgehead atoms. The van der Waals surface area contributed by atoms with Crippen molar-refractivity contribution < 1.29 is 9.90 Å². The van der Waals surface area contributed by atoms with E-state index < -0.39 is 23.1 Å². The van der Waals surface area contributed by atoms with E-state index in [-0.39, 0.29) is 18.3 Å². The molecule has 0 spiro atoms. The number of hydrogen-bond donors (Lipinski definition) is 3. The van der Waals surface area contributed by atoms with Crippen molar-refractivity contribution in [3.05, 3.63) is 116 Å². The van der Waals surface area contributed by atoms with E-state index in [1.165, 1.54) is 23.0 Å². The van der Waals surface area contributed by atoms with Crippen molar-refractivity contribution in [3.8, 4) is 5.82 Å². The highest BCUT2D eigenvalue weighted by atomic mass is 16.4. The first-order valence-electron chi connectivity index (χ1n) is 10.5. The van der Waals surface area contributed by atoms with E-state index in [2.05, 4.69) is 20.3 Å². The highest BCUT2D eigenvalue weighted by Crippen LogP contribution is 2.37. The maximum Gasteiger partial charge on any atom is 0.334 e. The van der Waals surface area contributed by atoms with Crippen molar-refractivity contribution in [2.45, 2.75) is 5.92 Å². The van der Waals surface area contributed by atoms with Crippen molar-refractivity contribution in [2.24, 2.45) is 0 Å². The number of fused-ring (bicyclic) bond motifs is 2. The molecule has 0 saturated carbocycles. The number of carboxylic acids is 1. The Hall–Kier alpha value is -4.79. The van der Waals surface area contributed by atoms with Gasteiger partial charge in [0, 0.05) is 29.9 Å². The maximum absolute atomic E-state index is 13.1. The normalized spacial score (nSPS) is 12.5. The van der Waals surface area contributed by atoms with E-state index in [9.17, 15) is 14.4 Å². The summed E-state index contributed by atoms with van der Waals surface area (Å²) in [5.74, 6) is -1.26. The largest absolute Gasteiger partial charge is 0.480 e. The molecule has 0 atom stereocenters. The first-order valence-corrected chi connectivity index (χ1v) is 10.5. The number of aromatic nitrogens is 4. The monoisotopic (exact) mass is 453 g/mol. The second-order valence-corrected chi connectivity index (χ2v) is 7.72. The van der Waals surface area contributed by atoms with Gasteiger partial charge in [-0.25, -0.2) is 9.78 Å². The van der Waals surface area contributed by atoms with Gasteiger partial charge in [-0.05, 0) is 22.3 Å². The van der Waals surface area contributed by atoms with Crippen molar-refractivity contribution in [3.63, 3.8) is 0 Å². The maximum atomic E-state index is 13.1. The minimum Gasteiger partial charge on any atom is -0.480 e. The summed E-state index contributed by atoms with van der Waals surface area (Å²) in [6, 6.07) is 17.1. The smallest absolute Gasteiger partial charge is 0.334 e. The lowest BCUT2D eigenvalue weighted by Gasteiger charge is -2.21. The number of anilines is 1. The third-order valence-corrected chi connectivity index (χ3v) is 5.62. The molecular weight excluding hydrogens is 434 g/mol. The zero-order valence-corrected chi connectivity index (χ0v) is 17.8. The van der Waals surface area contributed by atoms with Crippen LogP contribution in [-0.2, 0) is 4.79 Å². The Morgan fingerprint density at radius 1 is 0.971 bits per heavy atom. The number of H-pyrrole nitrogens is 1. The number of hydrogen-bond acceptors (Lipinski definition) is 6. The Labute approximate surface area is 193 Å². The van der Waals surface area contributed by atoms with E-state index in [0.717, 1.165) is 22.3 Å². The van der Waals surface area contributed by atoms with Gasteiger partial charge < -0.3 is 10.4 Å². The number of rotatable bonds is 5. The summed E-state index contributed by atoms with van der Waals surface area (Å²) in [5.41, 5.74) is 3.05. The SMILES string of the molecule is O=C(O)CNc1nccc(-n2cc(C3c4ccccc4C=Cc4ccccc43)c(=O)[nH]c2=O)n1. The van der Waals surface area contributed by atoms with Crippen LogP contribution in [0.2, 0.25) is 0 Å². The van der Waals surface area contributed by atoms with Crippen LogP contribution in [0.15, 0.2) is 76.6 Å². The van der Waals surface area contributed by atoms with Crippen LogP contribution in [0.5, 0.6) is 0 Å². The summed E-state index contributed by atoms with van der Waals surface area (Å²) in [5, 5.41) is 11.5. The second-order valence-electron chi connectivity index (χ2n) is 7.72. The number of aromatic amines is 1. The molecule has 0 unspecified atom stereocenters. The van der Waals surface area contributed by atoms with Gasteiger partial charge in [0.1, 0.15) is 12.4 Å². The summed E-state index contributed by atoms with van der Waals surface area (Å²) in [4.78, 5) is 47.3. The molecule has 2 heterocycles. The Kier molecular flexibility index (Phi) is 5.35. The van der Waals surface area contributed by atoms with Gasteiger partial charge in [0.15, 0.2) is 0 Å². The van der Waals surface area contributed by atoms with Crippen LogP contribution in [0.1, 0.15) is 33.7 Å². The molecule has 2 aromatic heterocycles. The molecule has 0 amide bonds. The predicted octanol–water partition coefficient (Wildman–Crippen LogP) is 2.48. The van der Waals surface area contributed by atoms with Crippen LogP contribution in [0, 0.1) is 0 Å². The minimum atomic E-state index is -1.07. The average molecular weight is 453 g/mol. The molecule has 1 aliphatic rings. The molecule has 9 nitrogen and oxygen atoms in total. The average Bonchev–Trinajstić information content (AvgIpc) is 3.00. The lowest BCUT2D eigenvalue weighted by Crippen LogP contribution is -2.33. The van der Waals surface area contributed by atoms with Gasteiger partial charge in [0.2, 0.25) is 5.95 Å². The number of carbonyl (C=O) groups is 1. The Morgan fingerprint density at radius 2 is 1.62 bits per heavy atom. The Balaban J connectivity index is 1.69. The van der Waals surface area contributed by atoms with E-state index >= 15 is 0 Å². The molecule has 0 aliphatic heterocycles. The van der Waals surface area contributed by atoms with E-state index in [1.54, 1.807) is 0 Å². The molecule has 3 N–H and O–H groups in total.